The van der Waals surface area contributed by atoms with Crippen LogP contribution in [0.3, 0.4) is 0 Å². The molecule has 2 aromatic carbocycles. The molecule has 0 unspecified atom stereocenters. The van der Waals surface area contributed by atoms with Gasteiger partial charge in [0.25, 0.3) is 5.91 Å². The van der Waals surface area contributed by atoms with Crippen molar-refractivity contribution in [2.24, 2.45) is 0 Å². The summed E-state index contributed by atoms with van der Waals surface area (Å²) in [5, 5.41) is 2.88. The van der Waals surface area contributed by atoms with Crippen LogP contribution >= 0.6 is 22.6 Å². The van der Waals surface area contributed by atoms with E-state index in [1.165, 1.54) is 0 Å². The second-order valence-corrected chi connectivity index (χ2v) is 6.41. The SMILES string of the molecule is O=C(Nc1cccc(I)c1)c1cccc(N2CCCC2=O)c1. The molecular formula is C17H15IN2O2. The summed E-state index contributed by atoms with van der Waals surface area (Å²) in [6.07, 6.45) is 1.45. The summed E-state index contributed by atoms with van der Waals surface area (Å²) >= 11 is 2.20. The van der Waals surface area contributed by atoms with Crippen LogP contribution in [0.15, 0.2) is 48.5 Å². The van der Waals surface area contributed by atoms with E-state index in [1.54, 1.807) is 17.0 Å². The monoisotopic (exact) mass is 406 g/mol. The van der Waals surface area contributed by atoms with E-state index in [2.05, 4.69) is 27.9 Å². The lowest BCUT2D eigenvalue weighted by molar-refractivity contribution is -0.117. The molecule has 22 heavy (non-hydrogen) atoms. The Morgan fingerprint density at radius 2 is 1.95 bits per heavy atom. The van der Waals surface area contributed by atoms with Gasteiger partial charge in [-0.05, 0) is 65.4 Å². The van der Waals surface area contributed by atoms with Crippen LogP contribution in [0.1, 0.15) is 23.2 Å². The van der Waals surface area contributed by atoms with E-state index in [1.807, 2.05) is 36.4 Å². The van der Waals surface area contributed by atoms with E-state index in [0.29, 0.717) is 12.0 Å². The standard InChI is InChI=1S/C17H15IN2O2/c18-13-5-2-6-14(11-13)19-17(22)12-4-1-7-15(10-12)20-9-3-8-16(20)21/h1-2,4-7,10-11H,3,8-9H2,(H,19,22). The zero-order chi connectivity index (χ0) is 15.5. The van der Waals surface area contributed by atoms with Gasteiger partial charge in [-0.1, -0.05) is 12.1 Å². The van der Waals surface area contributed by atoms with Crippen molar-refractivity contribution in [3.63, 3.8) is 0 Å². The van der Waals surface area contributed by atoms with E-state index in [9.17, 15) is 9.59 Å². The lowest BCUT2D eigenvalue weighted by Gasteiger charge is -2.16. The molecule has 2 amide bonds. The normalized spacial score (nSPS) is 14.2. The minimum absolute atomic E-state index is 0.121. The van der Waals surface area contributed by atoms with Crippen LogP contribution in [0, 0.1) is 3.57 Å². The van der Waals surface area contributed by atoms with Gasteiger partial charge in [0.1, 0.15) is 0 Å². The van der Waals surface area contributed by atoms with Crippen LogP contribution < -0.4 is 10.2 Å². The molecule has 1 fully saturated rings. The fourth-order valence-electron chi connectivity index (χ4n) is 2.51. The number of amides is 2. The maximum atomic E-state index is 12.4. The van der Waals surface area contributed by atoms with Gasteiger partial charge in [-0.3, -0.25) is 9.59 Å². The van der Waals surface area contributed by atoms with Gasteiger partial charge >= 0.3 is 0 Å². The predicted molar refractivity (Wildman–Crippen MR) is 95.1 cm³/mol. The molecule has 0 radical (unpaired) electrons. The summed E-state index contributed by atoms with van der Waals surface area (Å²) in [7, 11) is 0. The third kappa shape index (κ3) is 3.30. The molecule has 0 saturated carbocycles. The molecule has 112 valence electrons. The second kappa shape index (κ2) is 6.48. The molecule has 3 rings (SSSR count). The molecule has 4 nitrogen and oxygen atoms in total. The number of carbonyl (C=O) groups is 2. The van der Waals surface area contributed by atoms with Crippen molar-refractivity contribution in [1.82, 2.24) is 0 Å². The number of hydrogen-bond donors (Lipinski definition) is 1. The molecule has 0 aromatic heterocycles. The Balaban J connectivity index is 1.79. The minimum atomic E-state index is -0.171. The Morgan fingerprint density at radius 3 is 2.68 bits per heavy atom. The molecule has 0 aliphatic carbocycles. The number of rotatable bonds is 3. The van der Waals surface area contributed by atoms with Crippen LogP contribution in [-0.2, 0) is 4.79 Å². The Bertz CT molecular complexity index is 730. The van der Waals surface area contributed by atoms with Crippen molar-refractivity contribution < 1.29 is 9.59 Å². The zero-order valence-electron chi connectivity index (χ0n) is 11.9. The van der Waals surface area contributed by atoms with Gasteiger partial charge < -0.3 is 10.2 Å². The van der Waals surface area contributed by atoms with E-state index in [0.717, 1.165) is 27.9 Å². The summed E-state index contributed by atoms with van der Waals surface area (Å²) in [6.45, 7) is 0.723. The lowest BCUT2D eigenvalue weighted by atomic mass is 10.1. The summed E-state index contributed by atoms with van der Waals surface area (Å²) in [4.78, 5) is 25.9. The zero-order valence-corrected chi connectivity index (χ0v) is 14.0. The Morgan fingerprint density at radius 1 is 1.14 bits per heavy atom. The van der Waals surface area contributed by atoms with Gasteiger partial charge in [0.15, 0.2) is 0 Å². The van der Waals surface area contributed by atoms with Crippen molar-refractivity contribution >= 4 is 45.8 Å². The smallest absolute Gasteiger partial charge is 0.255 e. The Labute approximate surface area is 142 Å². The number of nitrogens with one attached hydrogen (secondary N) is 1. The average Bonchev–Trinajstić information content (AvgIpc) is 2.93. The molecule has 1 aliphatic rings. The highest BCUT2D eigenvalue weighted by atomic mass is 127. The first-order chi connectivity index (χ1) is 10.6. The average molecular weight is 406 g/mol. The summed E-state index contributed by atoms with van der Waals surface area (Å²) in [6, 6.07) is 14.8. The van der Waals surface area contributed by atoms with Gasteiger partial charge in [0.05, 0.1) is 0 Å². The lowest BCUT2D eigenvalue weighted by Crippen LogP contribution is -2.24. The van der Waals surface area contributed by atoms with Crippen molar-refractivity contribution in [3.05, 3.63) is 57.7 Å². The number of hydrogen-bond acceptors (Lipinski definition) is 2. The number of halogens is 1. The molecule has 2 aromatic rings. The van der Waals surface area contributed by atoms with Crippen LogP contribution in [-0.4, -0.2) is 18.4 Å². The van der Waals surface area contributed by atoms with Crippen molar-refractivity contribution in [2.45, 2.75) is 12.8 Å². The summed E-state index contributed by atoms with van der Waals surface area (Å²) in [5.41, 5.74) is 2.11. The van der Waals surface area contributed by atoms with Crippen LogP contribution in [0.25, 0.3) is 0 Å². The molecule has 1 N–H and O–H groups in total. The van der Waals surface area contributed by atoms with Crippen LogP contribution in [0.5, 0.6) is 0 Å². The van der Waals surface area contributed by atoms with E-state index in [-0.39, 0.29) is 11.8 Å². The first-order valence-electron chi connectivity index (χ1n) is 7.11. The molecule has 0 spiro atoms. The van der Waals surface area contributed by atoms with Gasteiger partial charge in [-0.2, -0.15) is 0 Å². The van der Waals surface area contributed by atoms with Gasteiger partial charge in [0.2, 0.25) is 5.91 Å². The van der Waals surface area contributed by atoms with E-state index in [4.69, 9.17) is 0 Å². The topological polar surface area (TPSA) is 49.4 Å². The molecule has 1 aliphatic heterocycles. The molecule has 0 atom stereocenters. The highest BCUT2D eigenvalue weighted by Gasteiger charge is 2.22. The Hall–Kier alpha value is -1.89. The van der Waals surface area contributed by atoms with E-state index >= 15 is 0 Å². The minimum Gasteiger partial charge on any atom is -0.322 e. The van der Waals surface area contributed by atoms with Gasteiger partial charge in [0, 0.05) is 33.5 Å². The van der Waals surface area contributed by atoms with E-state index < -0.39 is 0 Å². The fourth-order valence-corrected chi connectivity index (χ4v) is 3.05. The Kier molecular flexibility index (Phi) is 4.42. The van der Waals surface area contributed by atoms with Crippen LogP contribution in [0.4, 0.5) is 11.4 Å². The maximum Gasteiger partial charge on any atom is 0.255 e. The predicted octanol–water partition coefficient (Wildman–Crippen LogP) is 3.67. The molecule has 0 bridgehead atoms. The maximum absolute atomic E-state index is 12.4. The largest absolute Gasteiger partial charge is 0.322 e. The number of nitrogens with zero attached hydrogens (tertiary/aromatic N) is 1. The fraction of sp³-hybridized carbons (Fsp3) is 0.176. The highest BCUT2D eigenvalue weighted by molar-refractivity contribution is 14.1. The molecular weight excluding hydrogens is 391 g/mol. The third-order valence-electron chi connectivity index (χ3n) is 3.58. The summed E-state index contributed by atoms with van der Waals surface area (Å²) < 4.78 is 1.06. The number of anilines is 2. The van der Waals surface area contributed by atoms with Crippen molar-refractivity contribution in [2.75, 3.05) is 16.8 Å². The second-order valence-electron chi connectivity index (χ2n) is 5.16. The number of benzene rings is 2. The van der Waals surface area contributed by atoms with Crippen molar-refractivity contribution in [3.8, 4) is 0 Å². The van der Waals surface area contributed by atoms with Gasteiger partial charge in [-0.25, -0.2) is 0 Å². The summed E-state index contributed by atoms with van der Waals surface area (Å²) in [5.74, 6) is -0.0503. The molecule has 1 saturated heterocycles. The van der Waals surface area contributed by atoms with Crippen LogP contribution in [0.2, 0.25) is 0 Å². The first-order valence-corrected chi connectivity index (χ1v) is 8.19. The molecule has 5 heteroatoms. The molecule has 1 heterocycles. The van der Waals surface area contributed by atoms with Gasteiger partial charge in [-0.15, -0.1) is 0 Å². The quantitative estimate of drug-likeness (QED) is 0.791. The first kappa shape index (κ1) is 15.0. The highest BCUT2D eigenvalue weighted by Crippen LogP contribution is 2.23. The third-order valence-corrected chi connectivity index (χ3v) is 4.25. The van der Waals surface area contributed by atoms with Crippen molar-refractivity contribution in [1.29, 1.82) is 0 Å². The number of carbonyl (C=O) groups excluding carboxylic acids is 2.